The average Bonchev–Trinajstić information content (AvgIpc) is 3.06. The standard InChI is InChI=1S/C19H13FN2OS2/c1-11-15(14-4-2-3-5-16(14)21-11)10-17-18(23)22(19(24)25-17)13-8-6-12(20)7-9-13/h2-10,23H,1H3/b15-10+. The summed E-state index contributed by atoms with van der Waals surface area (Å²) in [5, 5.41) is 10.7. The number of halogens is 1. The van der Waals surface area contributed by atoms with Gasteiger partial charge in [-0.25, -0.2) is 4.39 Å². The van der Waals surface area contributed by atoms with Gasteiger partial charge in [0, 0.05) is 16.8 Å². The summed E-state index contributed by atoms with van der Waals surface area (Å²) in [6, 6.07) is 13.8. The highest BCUT2D eigenvalue weighted by atomic mass is 32.1. The summed E-state index contributed by atoms with van der Waals surface area (Å²) < 4.78 is 15.2. The second kappa shape index (κ2) is 6.06. The molecule has 1 aromatic heterocycles. The Hall–Kier alpha value is -2.57. The second-order valence-corrected chi connectivity index (χ2v) is 7.32. The van der Waals surface area contributed by atoms with E-state index in [0.29, 0.717) is 14.5 Å². The minimum atomic E-state index is -0.332. The number of para-hydroxylation sites is 1. The Morgan fingerprint density at radius 1 is 1.16 bits per heavy atom. The fourth-order valence-corrected chi connectivity index (χ4v) is 4.13. The third kappa shape index (κ3) is 2.73. The molecule has 0 amide bonds. The number of rotatable bonds is 2. The smallest absolute Gasteiger partial charge is 0.215 e. The number of hydrogen-bond acceptors (Lipinski definition) is 4. The first-order chi connectivity index (χ1) is 12.0. The van der Waals surface area contributed by atoms with Gasteiger partial charge in [-0.2, -0.15) is 0 Å². The van der Waals surface area contributed by atoms with E-state index in [2.05, 4.69) is 4.99 Å². The Kier molecular flexibility index (Phi) is 3.86. The number of aromatic nitrogens is 1. The first kappa shape index (κ1) is 15.9. The van der Waals surface area contributed by atoms with Crippen molar-refractivity contribution >= 4 is 46.6 Å². The van der Waals surface area contributed by atoms with Gasteiger partial charge >= 0.3 is 0 Å². The van der Waals surface area contributed by atoms with E-state index in [0.717, 1.165) is 22.5 Å². The zero-order valence-corrected chi connectivity index (χ0v) is 14.9. The van der Waals surface area contributed by atoms with Gasteiger partial charge in [0.25, 0.3) is 0 Å². The molecule has 25 heavy (non-hydrogen) atoms. The van der Waals surface area contributed by atoms with Gasteiger partial charge in [0.05, 0.1) is 16.3 Å². The Bertz CT molecular complexity index is 1090. The molecule has 0 radical (unpaired) electrons. The van der Waals surface area contributed by atoms with Crippen LogP contribution in [0.1, 0.15) is 17.4 Å². The number of benzene rings is 2. The minimum Gasteiger partial charge on any atom is -0.493 e. The van der Waals surface area contributed by atoms with Crippen molar-refractivity contribution in [3.63, 3.8) is 0 Å². The van der Waals surface area contributed by atoms with Gasteiger partial charge in [-0.3, -0.25) is 9.56 Å². The Morgan fingerprint density at radius 3 is 2.64 bits per heavy atom. The van der Waals surface area contributed by atoms with Crippen LogP contribution in [0.5, 0.6) is 5.88 Å². The van der Waals surface area contributed by atoms with Crippen molar-refractivity contribution in [1.82, 2.24) is 4.57 Å². The molecule has 0 aliphatic carbocycles. The lowest BCUT2D eigenvalue weighted by atomic mass is 10.0. The van der Waals surface area contributed by atoms with Crippen LogP contribution < -0.4 is 0 Å². The highest BCUT2D eigenvalue weighted by molar-refractivity contribution is 7.73. The predicted molar refractivity (Wildman–Crippen MR) is 103 cm³/mol. The Morgan fingerprint density at radius 2 is 1.88 bits per heavy atom. The molecule has 0 atom stereocenters. The summed E-state index contributed by atoms with van der Waals surface area (Å²) >= 11 is 6.70. The Balaban J connectivity index is 1.84. The molecule has 1 aliphatic rings. The summed E-state index contributed by atoms with van der Waals surface area (Å²) in [4.78, 5) is 5.20. The molecule has 124 valence electrons. The van der Waals surface area contributed by atoms with Gasteiger partial charge in [0.15, 0.2) is 3.95 Å². The number of thiazole rings is 1. The molecule has 0 saturated heterocycles. The molecule has 3 nitrogen and oxygen atoms in total. The van der Waals surface area contributed by atoms with Crippen LogP contribution in [-0.2, 0) is 0 Å². The SMILES string of the molecule is CC1=Nc2ccccc2/C1=C/c1sc(=S)n(-c2ccc(F)cc2)c1O. The van der Waals surface area contributed by atoms with E-state index in [9.17, 15) is 9.50 Å². The summed E-state index contributed by atoms with van der Waals surface area (Å²) in [7, 11) is 0. The molecule has 0 unspecified atom stereocenters. The molecule has 2 aromatic carbocycles. The normalized spacial score (nSPS) is 14.6. The zero-order chi connectivity index (χ0) is 17.6. The van der Waals surface area contributed by atoms with Crippen molar-refractivity contribution < 1.29 is 9.50 Å². The Labute approximate surface area is 153 Å². The summed E-state index contributed by atoms with van der Waals surface area (Å²) in [5.74, 6) is -0.284. The van der Waals surface area contributed by atoms with E-state index in [1.54, 1.807) is 16.7 Å². The molecule has 0 saturated carbocycles. The molecular weight excluding hydrogens is 355 g/mol. The molecule has 0 bridgehead atoms. The molecule has 0 fully saturated rings. The number of aromatic hydroxyl groups is 1. The van der Waals surface area contributed by atoms with E-state index in [-0.39, 0.29) is 11.7 Å². The van der Waals surface area contributed by atoms with E-state index in [4.69, 9.17) is 12.2 Å². The monoisotopic (exact) mass is 368 g/mol. The van der Waals surface area contributed by atoms with Gasteiger partial charge < -0.3 is 5.11 Å². The van der Waals surface area contributed by atoms with Crippen LogP contribution in [0.2, 0.25) is 0 Å². The van der Waals surface area contributed by atoms with Gasteiger partial charge in [-0.15, -0.1) is 11.3 Å². The van der Waals surface area contributed by atoms with Crippen molar-refractivity contribution in [2.24, 2.45) is 4.99 Å². The van der Waals surface area contributed by atoms with E-state index in [1.807, 2.05) is 37.3 Å². The maximum atomic E-state index is 13.1. The first-order valence-electron chi connectivity index (χ1n) is 7.62. The van der Waals surface area contributed by atoms with Crippen LogP contribution in [0, 0.1) is 9.77 Å². The van der Waals surface area contributed by atoms with Crippen LogP contribution in [0.15, 0.2) is 53.5 Å². The number of fused-ring (bicyclic) bond motifs is 1. The van der Waals surface area contributed by atoms with Crippen molar-refractivity contribution in [3.05, 3.63) is 68.7 Å². The van der Waals surface area contributed by atoms with Crippen molar-refractivity contribution in [2.75, 3.05) is 0 Å². The van der Waals surface area contributed by atoms with Crippen molar-refractivity contribution in [1.29, 1.82) is 0 Å². The third-order valence-corrected chi connectivity index (χ3v) is 5.35. The van der Waals surface area contributed by atoms with Crippen LogP contribution >= 0.6 is 23.6 Å². The van der Waals surface area contributed by atoms with Gasteiger partial charge in [-0.1, -0.05) is 18.2 Å². The van der Waals surface area contributed by atoms with E-state index < -0.39 is 0 Å². The second-order valence-electron chi connectivity index (χ2n) is 5.64. The number of nitrogens with zero attached hydrogens (tertiary/aromatic N) is 2. The van der Waals surface area contributed by atoms with E-state index >= 15 is 0 Å². The fourth-order valence-electron chi connectivity index (χ4n) is 2.84. The van der Waals surface area contributed by atoms with Crippen LogP contribution in [0.4, 0.5) is 10.1 Å². The quantitative estimate of drug-likeness (QED) is 0.584. The molecule has 0 spiro atoms. The molecule has 6 heteroatoms. The number of allylic oxidation sites excluding steroid dienone is 1. The lowest BCUT2D eigenvalue weighted by Crippen LogP contribution is -1.93. The molecule has 3 aromatic rings. The van der Waals surface area contributed by atoms with Gasteiger partial charge in [-0.05, 0) is 55.5 Å². The highest BCUT2D eigenvalue weighted by Crippen LogP contribution is 2.38. The predicted octanol–water partition coefficient (Wildman–Crippen LogP) is 5.76. The lowest BCUT2D eigenvalue weighted by molar-refractivity contribution is 0.441. The lowest BCUT2D eigenvalue weighted by Gasteiger charge is -2.05. The fraction of sp³-hybridized carbons (Fsp3) is 0.0526. The highest BCUT2D eigenvalue weighted by Gasteiger charge is 2.19. The molecule has 4 rings (SSSR count). The van der Waals surface area contributed by atoms with Crippen LogP contribution in [0.25, 0.3) is 17.3 Å². The number of hydrogen-bond donors (Lipinski definition) is 1. The summed E-state index contributed by atoms with van der Waals surface area (Å²) in [6.07, 6.45) is 1.90. The average molecular weight is 368 g/mol. The molecular formula is C19H13FN2OS2. The molecule has 2 heterocycles. The van der Waals surface area contributed by atoms with E-state index in [1.165, 1.54) is 23.5 Å². The summed E-state index contributed by atoms with van der Waals surface area (Å²) in [5.41, 5.74) is 4.45. The van der Waals surface area contributed by atoms with Gasteiger partial charge in [0.1, 0.15) is 5.82 Å². The topological polar surface area (TPSA) is 37.5 Å². The maximum absolute atomic E-state index is 13.1. The zero-order valence-electron chi connectivity index (χ0n) is 13.2. The molecule has 1 N–H and O–H groups in total. The van der Waals surface area contributed by atoms with Crippen molar-refractivity contribution in [2.45, 2.75) is 6.92 Å². The van der Waals surface area contributed by atoms with Crippen molar-refractivity contribution in [3.8, 4) is 11.6 Å². The largest absolute Gasteiger partial charge is 0.493 e. The minimum absolute atomic E-state index is 0.0475. The molecule has 1 aliphatic heterocycles. The summed E-state index contributed by atoms with van der Waals surface area (Å²) in [6.45, 7) is 1.94. The van der Waals surface area contributed by atoms with Crippen LogP contribution in [0.3, 0.4) is 0 Å². The number of aliphatic imine (C=N–C) groups is 1. The first-order valence-corrected chi connectivity index (χ1v) is 8.84. The van der Waals surface area contributed by atoms with Crippen LogP contribution in [-0.4, -0.2) is 15.4 Å². The third-order valence-electron chi connectivity index (χ3n) is 4.04. The maximum Gasteiger partial charge on any atom is 0.215 e. The van der Waals surface area contributed by atoms with Gasteiger partial charge in [0.2, 0.25) is 5.88 Å².